The van der Waals surface area contributed by atoms with Crippen LogP contribution in [0.2, 0.25) is 5.02 Å². The average molecular weight is 475 g/mol. The second-order valence-electron chi connectivity index (χ2n) is 7.61. The van der Waals surface area contributed by atoms with Crippen LogP contribution in [0.1, 0.15) is 5.56 Å². The molecule has 2 heterocycles. The van der Waals surface area contributed by atoms with Gasteiger partial charge in [-0.15, -0.1) is 0 Å². The molecule has 2 aromatic heterocycles. The van der Waals surface area contributed by atoms with Gasteiger partial charge in [0.15, 0.2) is 5.16 Å². The Labute approximate surface area is 198 Å². The molecule has 0 saturated carbocycles. The van der Waals surface area contributed by atoms with E-state index in [0.29, 0.717) is 32.6 Å². The molecule has 0 saturated heterocycles. The summed E-state index contributed by atoms with van der Waals surface area (Å²) in [5, 5.41) is 4.76. The number of H-pyrrole nitrogens is 1. The molecule has 6 nitrogen and oxygen atoms in total. The maximum Gasteiger partial charge on any atom is 0.283 e. The number of amides is 1. The number of benzene rings is 3. The fraction of sp³-hybridized carbons (Fsp3) is 0.0800. The lowest BCUT2D eigenvalue weighted by molar-refractivity contribution is -0.113. The molecule has 0 unspecified atom stereocenters. The number of anilines is 1. The number of carbonyl (C=O) groups is 1. The zero-order valence-corrected chi connectivity index (χ0v) is 19.2. The zero-order valence-electron chi connectivity index (χ0n) is 17.6. The van der Waals surface area contributed by atoms with Crippen LogP contribution in [0.4, 0.5) is 5.69 Å². The number of rotatable bonds is 5. The minimum Gasteiger partial charge on any atom is -0.349 e. The zero-order chi connectivity index (χ0) is 22.9. The van der Waals surface area contributed by atoms with Gasteiger partial charge in [0.25, 0.3) is 5.56 Å². The Hall–Kier alpha value is -3.55. The summed E-state index contributed by atoms with van der Waals surface area (Å²) >= 11 is 7.13. The predicted octanol–water partition coefficient (Wildman–Crippen LogP) is 5.56. The van der Waals surface area contributed by atoms with E-state index in [4.69, 9.17) is 16.6 Å². The number of nitrogens with one attached hydrogen (secondary N) is 2. The molecular weight excluding hydrogens is 456 g/mol. The third-order valence-electron chi connectivity index (χ3n) is 5.25. The number of aromatic nitrogens is 3. The van der Waals surface area contributed by atoms with Crippen LogP contribution in [0.25, 0.3) is 27.6 Å². The van der Waals surface area contributed by atoms with E-state index < -0.39 is 0 Å². The second kappa shape index (κ2) is 8.77. The van der Waals surface area contributed by atoms with Gasteiger partial charge in [0, 0.05) is 21.6 Å². The molecule has 0 spiro atoms. The van der Waals surface area contributed by atoms with E-state index >= 15 is 0 Å². The molecule has 2 N–H and O–H groups in total. The summed E-state index contributed by atoms with van der Waals surface area (Å²) in [4.78, 5) is 34.1. The van der Waals surface area contributed by atoms with Crippen molar-refractivity contribution in [2.24, 2.45) is 0 Å². The molecule has 33 heavy (non-hydrogen) atoms. The molecular formula is C25H19ClN4O2S. The Kier molecular flexibility index (Phi) is 5.66. The fourth-order valence-corrected chi connectivity index (χ4v) is 4.55. The van der Waals surface area contributed by atoms with Crippen molar-refractivity contribution in [1.82, 2.24) is 14.5 Å². The van der Waals surface area contributed by atoms with Crippen molar-refractivity contribution < 1.29 is 4.79 Å². The summed E-state index contributed by atoms with van der Waals surface area (Å²) < 4.78 is 1.55. The molecule has 0 aliphatic carbocycles. The monoisotopic (exact) mass is 474 g/mol. The molecule has 5 rings (SSSR count). The van der Waals surface area contributed by atoms with Crippen LogP contribution >= 0.6 is 23.4 Å². The van der Waals surface area contributed by atoms with Gasteiger partial charge < -0.3 is 10.3 Å². The lowest BCUT2D eigenvalue weighted by atomic mass is 10.2. The topological polar surface area (TPSA) is 79.8 Å². The number of fused-ring (bicyclic) bond motifs is 3. The first kappa shape index (κ1) is 21.3. The van der Waals surface area contributed by atoms with E-state index in [1.54, 1.807) is 28.8 Å². The Morgan fingerprint density at radius 3 is 2.55 bits per heavy atom. The van der Waals surface area contributed by atoms with Crippen molar-refractivity contribution >= 4 is 56.9 Å². The largest absolute Gasteiger partial charge is 0.349 e. The van der Waals surface area contributed by atoms with Crippen molar-refractivity contribution in [3.05, 3.63) is 93.7 Å². The van der Waals surface area contributed by atoms with Crippen LogP contribution in [0.3, 0.4) is 0 Å². The van der Waals surface area contributed by atoms with E-state index in [1.165, 1.54) is 11.8 Å². The molecule has 3 aromatic carbocycles. The first-order valence-corrected chi connectivity index (χ1v) is 11.6. The summed E-state index contributed by atoms with van der Waals surface area (Å²) in [5.41, 5.74) is 4.10. The standard InChI is InChI=1S/C25H19ClN4O2S/c1-15-6-12-18(13-7-15)30-24(32)23-22(19-4-2-3-5-20(19)28-23)29-25(30)33-14-21(31)27-17-10-8-16(26)9-11-17/h2-13,28H,14H2,1H3,(H,27,31). The molecule has 8 heteroatoms. The Bertz CT molecular complexity index is 1540. The van der Waals surface area contributed by atoms with Gasteiger partial charge in [-0.25, -0.2) is 4.98 Å². The van der Waals surface area contributed by atoms with E-state index in [1.807, 2.05) is 55.5 Å². The quantitative estimate of drug-likeness (QED) is 0.258. The van der Waals surface area contributed by atoms with Crippen molar-refractivity contribution in [3.63, 3.8) is 0 Å². The maximum atomic E-state index is 13.5. The number of hydrogen-bond acceptors (Lipinski definition) is 4. The fourth-order valence-electron chi connectivity index (χ4n) is 3.62. The lowest BCUT2D eigenvalue weighted by Crippen LogP contribution is -2.23. The third kappa shape index (κ3) is 4.25. The summed E-state index contributed by atoms with van der Waals surface area (Å²) in [7, 11) is 0. The van der Waals surface area contributed by atoms with Crippen LogP contribution in [0.5, 0.6) is 0 Å². The van der Waals surface area contributed by atoms with Crippen LogP contribution in [0.15, 0.2) is 82.7 Å². The number of aromatic amines is 1. The minimum atomic E-state index is -0.208. The smallest absolute Gasteiger partial charge is 0.283 e. The first-order chi connectivity index (χ1) is 16.0. The molecule has 0 radical (unpaired) electrons. The van der Waals surface area contributed by atoms with Crippen LogP contribution in [-0.2, 0) is 4.79 Å². The maximum absolute atomic E-state index is 13.5. The number of nitrogens with zero attached hydrogens (tertiary/aromatic N) is 2. The molecule has 0 aliphatic rings. The number of halogens is 1. The molecule has 5 aromatic rings. The molecule has 0 atom stereocenters. The minimum absolute atomic E-state index is 0.0921. The summed E-state index contributed by atoms with van der Waals surface area (Å²) in [5.74, 6) is -0.111. The number of thioether (sulfide) groups is 1. The molecule has 0 fully saturated rings. The van der Waals surface area contributed by atoms with Gasteiger partial charge in [0.2, 0.25) is 5.91 Å². The van der Waals surface area contributed by atoms with Gasteiger partial charge in [-0.2, -0.15) is 0 Å². The van der Waals surface area contributed by atoms with Crippen LogP contribution < -0.4 is 10.9 Å². The van der Waals surface area contributed by atoms with Gasteiger partial charge >= 0.3 is 0 Å². The van der Waals surface area contributed by atoms with Gasteiger partial charge in [-0.1, -0.05) is 59.3 Å². The van der Waals surface area contributed by atoms with Crippen molar-refractivity contribution in [3.8, 4) is 5.69 Å². The molecule has 0 bridgehead atoms. The van der Waals surface area contributed by atoms with Gasteiger partial charge in [0.05, 0.1) is 11.4 Å². The second-order valence-corrected chi connectivity index (χ2v) is 8.99. The Morgan fingerprint density at radius 2 is 1.79 bits per heavy atom. The van der Waals surface area contributed by atoms with E-state index in [2.05, 4.69) is 10.3 Å². The SMILES string of the molecule is Cc1ccc(-n2c(SCC(=O)Nc3ccc(Cl)cc3)nc3c([nH]c4ccccc43)c2=O)cc1. The molecule has 164 valence electrons. The number of para-hydroxylation sites is 1. The third-order valence-corrected chi connectivity index (χ3v) is 6.44. The van der Waals surface area contributed by atoms with Crippen molar-refractivity contribution in [1.29, 1.82) is 0 Å². The van der Waals surface area contributed by atoms with Crippen molar-refractivity contribution in [2.45, 2.75) is 12.1 Å². The normalized spacial score (nSPS) is 11.2. The van der Waals surface area contributed by atoms with Crippen molar-refractivity contribution in [2.75, 3.05) is 11.1 Å². The van der Waals surface area contributed by atoms with Gasteiger partial charge in [-0.05, 0) is 49.4 Å². The Balaban J connectivity index is 1.55. The number of aryl methyl sites for hydroxylation is 1. The predicted molar refractivity (Wildman–Crippen MR) is 135 cm³/mol. The van der Waals surface area contributed by atoms with Crippen LogP contribution in [-0.4, -0.2) is 26.2 Å². The molecule has 1 amide bonds. The highest BCUT2D eigenvalue weighted by Gasteiger charge is 2.18. The number of hydrogen-bond donors (Lipinski definition) is 2. The number of carbonyl (C=O) groups excluding carboxylic acids is 1. The lowest BCUT2D eigenvalue weighted by Gasteiger charge is -2.12. The highest BCUT2D eigenvalue weighted by atomic mass is 35.5. The van der Waals surface area contributed by atoms with Gasteiger partial charge in [-0.3, -0.25) is 14.2 Å². The summed E-state index contributed by atoms with van der Waals surface area (Å²) in [6.45, 7) is 1.99. The van der Waals surface area contributed by atoms with Gasteiger partial charge in [0.1, 0.15) is 11.0 Å². The average Bonchev–Trinajstić information content (AvgIpc) is 3.19. The van der Waals surface area contributed by atoms with E-state index in [-0.39, 0.29) is 17.2 Å². The summed E-state index contributed by atoms with van der Waals surface area (Å²) in [6.07, 6.45) is 0. The highest BCUT2D eigenvalue weighted by Crippen LogP contribution is 2.26. The van der Waals surface area contributed by atoms with E-state index in [0.717, 1.165) is 16.5 Å². The highest BCUT2D eigenvalue weighted by molar-refractivity contribution is 7.99. The first-order valence-electron chi connectivity index (χ1n) is 10.3. The Morgan fingerprint density at radius 1 is 1.06 bits per heavy atom. The molecule has 0 aliphatic heterocycles. The van der Waals surface area contributed by atoms with E-state index in [9.17, 15) is 9.59 Å². The van der Waals surface area contributed by atoms with Crippen LogP contribution in [0, 0.1) is 6.92 Å². The summed E-state index contributed by atoms with van der Waals surface area (Å²) in [6, 6.07) is 22.2.